The van der Waals surface area contributed by atoms with Gasteiger partial charge in [0.2, 0.25) is 0 Å². The molecule has 0 amide bonds. The van der Waals surface area contributed by atoms with E-state index in [0.29, 0.717) is 22.5 Å². The predicted molar refractivity (Wildman–Crippen MR) is 75.5 cm³/mol. The molecule has 6 heteroatoms. The van der Waals surface area contributed by atoms with Crippen LogP contribution in [0.5, 0.6) is 0 Å². The molecule has 0 spiro atoms. The minimum absolute atomic E-state index is 0.494. The van der Waals surface area contributed by atoms with E-state index in [1.807, 2.05) is 18.2 Å². The van der Waals surface area contributed by atoms with Crippen LogP contribution in [-0.4, -0.2) is 16.4 Å². The Balaban J connectivity index is 2.84. The van der Waals surface area contributed by atoms with Gasteiger partial charge in [-0.15, -0.1) is 0 Å². The quantitative estimate of drug-likeness (QED) is 0.822. The fourth-order valence-electron chi connectivity index (χ4n) is 2.15. The third kappa shape index (κ3) is 4.53. The Bertz CT molecular complexity index is 921. The number of fused-ring (bicyclic) bond motifs is 1. The summed E-state index contributed by atoms with van der Waals surface area (Å²) in [6.07, 6.45) is 0. The second-order valence-electron chi connectivity index (χ2n) is 7.91. The Kier molecular flexibility index (Phi) is 1.69. The van der Waals surface area contributed by atoms with Crippen LogP contribution in [0.15, 0.2) is 42.5 Å². The van der Waals surface area contributed by atoms with Crippen molar-refractivity contribution in [3.8, 4) is 0 Å². The van der Waals surface area contributed by atoms with Crippen LogP contribution in [0.25, 0.3) is 10.8 Å². The Morgan fingerprint density at radius 1 is 0.895 bits per heavy atom. The van der Waals surface area contributed by atoms with Gasteiger partial charge in [0.25, 0.3) is 0 Å². The molecule has 2 aromatic carbocycles. The van der Waals surface area contributed by atoms with Crippen LogP contribution in [0.4, 0.5) is 0 Å². The van der Waals surface area contributed by atoms with Crippen LogP contribution in [0.1, 0.15) is 0 Å². The van der Waals surface area contributed by atoms with E-state index in [9.17, 15) is 15.9 Å². The molecular formula is C13H20CrO4Si. The van der Waals surface area contributed by atoms with Gasteiger partial charge in [0, 0.05) is 0 Å². The van der Waals surface area contributed by atoms with Crippen molar-refractivity contribution in [3.05, 3.63) is 42.5 Å². The summed E-state index contributed by atoms with van der Waals surface area (Å²) in [5.74, 6) is 1.75. The van der Waals surface area contributed by atoms with Gasteiger partial charge in [-0.25, -0.2) is 0 Å². The molecule has 2 N–H and O–H groups in total. The molecule has 0 aliphatic heterocycles. The second-order valence-corrected chi connectivity index (χ2v) is 37.5. The molecular weight excluding hydrogens is 300 g/mol. The Morgan fingerprint density at radius 3 is 2.00 bits per heavy atom. The topological polar surface area (TPSA) is 74.6 Å². The molecule has 0 atom stereocenters. The molecule has 0 radical (unpaired) electrons. The van der Waals surface area contributed by atoms with Crippen molar-refractivity contribution in [1.82, 2.24) is 0 Å². The van der Waals surface area contributed by atoms with Gasteiger partial charge in [-0.1, -0.05) is 0 Å². The monoisotopic (exact) mass is 320 g/mol. The first-order chi connectivity index (χ1) is 7.93. The molecule has 2 rings (SSSR count). The fourth-order valence-corrected chi connectivity index (χ4v) is 12.4. The zero-order valence-electron chi connectivity index (χ0n) is 11.4. The summed E-state index contributed by atoms with van der Waals surface area (Å²) in [6.45, 7) is 0. The van der Waals surface area contributed by atoms with Crippen molar-refractivity contribution in [1.29, 1.82) is 0 Å². The number of rotatable bonds is 2. The Labute approximate surface area is 108 Å². The molecule has 0 bridgehead atoms. The van der Waals surface area contributed by atoms with Gasteiger partial charge in [-0.05, 0) is 0 Å². The summed E-state index contributed by atoms with van der Waals surface area (Å²) in [5.41, 5.74) is 0. The summed E-state index contributed by atoms with van der Waals surface area (Å²) in [5, 5.41) is 2.12. The van der Waals surface area contributed by atoms with Crippen LogP contribution in [0, 0.1) is 0 Å². The van der Waals surface area contributed by atoms with Crippen molar-refractivity contribution in [3.63, 3.8) is 0 Å². The Morgan fingerprint density at radius 2 is 1.42 bits per heavy atom. The molecule has 0 unspecified atom stereocenters. The van der Waals surface area contributed by atoms with Crippen molar-refractivity contribution in [2.24, 2.45) is 0 Å². The van der Waals surface area contributed by atoms with Gasteiger partial charge in [0.05, 0.1) is 0 Å². The number of benzene rings is 2. The third-order valence-corrected chi connectivity index (χ3v) is 12.8. The summed E-state index contributed by atoms with van der Waals surface area (Å²) in [6, 6.07) is 12.5. The first-order valence-electron chi connectivity index (χ1n) is 5.89. The molecule has 2 aromatic rings. The maximum atomic E-state index is 12.8. The van der Waals surface area contributed by atoms with Crippen molar-refractivity contribution in [2.45, 2.75) is 17.4 Å². The van der Waals surface area contributed by atoms with Gasteiger partial charge in [-0.2, -0.15) is 0 Å². The molecule has 19 heavy (non-hydrogen) atoms. The van der Waals surface area contributed by atoms with E-state index in [2.05, 4.69) is 0 Å². The molecule has 0 aliphatic rings. The van der Waals surface area contributed by atoms with E-state index in [1.165, 1.54) is 0 Å². The van der Waals surface area contributed by atoms with E-state index in [4.69, 9.17) is 0 Å². The SMILES string of the molecule is [CH3][Cr]([CH3])([CH3])(=[O])(=[O])([OH])([OH])[SiH2]c1cccc2ccccc12. The zero-order chi connectivity index (χ0) is 14.7. The first-order valence-corrected chi connectivity index (χ1v) is 15.9. The first kappa shape index (κ1) is 14.4. The third-order valence-electron chi connectivity index (χ3n) is 2.72. The van der Waals surface area contributed by atoms with Crippen LogP contribution >= 0.6 is 0 Å². The summed E-state index contributed by atoms with van der Waals surface area (Å²) in [4.78, 5) is 0. The normalized spacial score (nSPS) is 21.5. The molecule has 4 nitrogen and oxygen atoms in total. The van der Waals surface area contributed by atoms with Crippen LogP contribution < -0.4 is 5.19 Å². The van der Waals surface area contributed by atoms with Gasteiger partial charge in [-0.3, -0.25) is 0 Å². The van der Waals surface area contributed by atoms with Gasteiger partial charge < -0.3 is 0 Å². The minimum atomic E-state index is -8.00. The van der Waals surface area contributed by atoms with E-state index in [1.54, 1.807) is 24.3 Å². The molecule has 0 heterocycles. The van der Waals surface area contributed by atoms with Gasteiger partial charge >= 0.3 is 108 Å². The number of hydrogen-bond acceptors (Lipinski definition) is 2. The van der Waals surface area contributed by atoms with Crippen LogP contribution in [-0.2, 0) is 16.3 Å². The van der Waals surface area contributed by atoms with Gasteiger partial charge in [0.1, 0.15) is 0 Å². The predicted octanol–water partition coefficient (Wildman–Crippen LogP) is 1.50. The summed E-state index contributed by atoms with van der Waals surface area (Å²) in [7, 11) is -10.4. The van der Waals surface area contributed by atoms with Crippen molar-refractivity contribution >= 4 is 24.0 Å². The average molecular weight is 320 g/mol. The molecule has 0 saturated carbocycles. The summed E-state index contributed by atoms with van der Waals surface area (Å²) < 4.78 is 46.3. The van der Waals surface area contributed by atoms with Crippen molar-refractivity contribution < 1.29 is 24.6 Å². The Hall–Kier alpha value is -1.03. The fraction of sp³-hybridized carbons (Fsp3) is 0.231. The molecule has 106 valence electrons. The van der Waals surface area contributed by atoms with E-state index >= 15 is 0 Å². The van der Waals surface area contributed by atoms with E-state index < -0.39 is 16.8 Å². The standard InChI is InChI=1S/C10H9Si.3CH3.Cr.2H2O.2O/c11-10-7-3-5-8-4-1-2-6-9(8)10;;;;;;;;/h1-7H,11H2;3*1H3;;2*1H2;;/q;;;;+2;;;;/p-2. The maximum absolute atomic E-state index is 12.8. The summed E-state index contributed by atoms with van der Waals surface area (Å²) >= 11 is 0. The van der Waals surface area contributed by atoms with Crippen LogP contribution in [0.3, 0.4) is 0 Å². The second kappa shape index (κ2) is 2.24. The van der Waals surface area contributed by atoms with Gasteiger partial charge in [0.15, 0.2) is 0 Å². The molecule has 0 aromatic heterocycles. The van der Waals surface area contributed by atoms with E-state index in [0.717, 1.165) is 10.8 Å². The molecule has 0 aliphatic carbocycles. The van der Waals surface area contributed by atoms with Crippen molar-refractivity contribution in [2.75, 3.05) is 0 Å². The molecule has 0 fully saturated rings. The number of hydrogen-bond donors (Lipinski definition) is 2. The zero-order valence-corrected chi connectivity index (χ0v) is 14.1. The molecule has 0 saturated heterocycles. The van der Waals surface area contributed by atoms with Crippen LogP contribution in [0.2, 0.25) is 17.4 Å². The van der Waals surface area contributed by atoms with E-state index in [-0.39, 0.29) is 0 Å². The average Bonchev–Trinajstić information content (AvgIpc) is 2.12.